The summed E-state index contributed by atoms with van der Waals surface area (Å²) in [6.07, 6.45) is 4.18. The SMILES string of the molecule is CNC(=O)C[C@@]1(COC)CN(Cc2cnn(C)c2)CCO1. The van der Waals surface area contributed by atoms with Gasteiger partial charge in [0, 0.05) is 52.6 Å². The number of rotatable bonds is 6. The Morgan fingerprint density at radius 2 is 2.43 bits per heavy atom. The van der Waals surface area contributed by atoms with Crippen LogP contribution in [0.1, 0.15) is 12.0 Å². The monoisotopic (exact) mass is 296 g/mol. The van der Waals surface area contributed by atoms with E-state index in [1.54, 1.807) is 18.8 Å². The van der Waals surface area contributed by atoms with E-state index in [0.717, 1.165) is 18.7 Å². The summed E-state index contributed by atoms with van der Waals surface area (Å²) in [5.74, 6) is -0.0322. The molecule has 7 nitrogen and oxygen atoms in total. The van der Waals surface area contributed by atoms with Crippen LogP contribution in [0.3, 0.4) is 0 Å². The lowest BCUT2D eigenvalue weighted by Crippen LogP contribution is -2.55. The van der Waals surface area contributed by atoms with Gasteiger partial charge in [-0.1, -0.05) is 0 Å². The second-order valence-electron chi connectivity index (χ2n) is 5.55. The molecule has 2 heterocycles. The van der Waals surface area contributed by atoms with Gasteiger partial charge in [-0.15, -0.1) is 0 Å². The molecule has 2 rings (SSSR count). The first kappa shape index (κ1) is 15.9. The minimum Gasteiger partial charge on any atom is -0.382 e. The standard InChI is InChI=1S/C14H24N4O3/c1-15-13(19)6-14(11-20-3)10-18(4-5-21-14)9-12-7-16-17(2)8-12/h7-8H,4-6,9-11H2,1-3H3,(H,15,19)/t14-/m0/s1. The number of carbonyl (C=O) groups is 1. The van der Waals surface area contributed by atoms with Gasteiger partial charge >= 0.3 is 0 Å². The van der Waals surface area contributed by atoms with Gasteiger partial charge in [0.1, 0.15) is 5.60 Å². The Morgan fingerprint density at radius 1 is 1.62 bits per heavy atom. The van der Waals surface area contributed by atoms with E-state index in [-0.39, 0.29) is 5.91 Å². The molecule has 1 aromatic rings. The fourth-order valence-corrected chi connectivity index (χ4v) is 2.76. The molecule has 0 aliphatic carbocycles. The van der Waals surface area contributed by atoms with Crippen molar-refractivity contribution in [1.82, 2.24) is 20.0 Å². The Morgan fingerprint density at radius 3 is 3.05 bits per heavy atom. The van der Waals surface area contributed by atoms with Gasteiger partial charge < -0.3 is 14.8 Å². The summed E-state index contributed by atoms with van der Waals surface area (Å²) in [5, 5.41) is 6.84. The number of methoxy groups -OCH3 is 1. The van der Waals surface area contributed by atoms with Crippen molar-refractivity contribution in [2.45, 2.75) is 18.6 Å². The second-order valence-corrected chi connectivity index (χ2v) is 5.55. The molecule has 0 saturated carbocycles. The van der Waals surface area contributed by atoms with Crippen LogP contribution in [0.5, 0.6) is 0 Å². The Bertz CT molecular complexity index is 473. The highest BCUT2D eigenvalue weighted by Crippen LogP contribution is 2.24. The zero-order valence-corrected chi connectivity index (χ0v) is 13.0. The van der Waals surface area contributed by atoms with Crippen molar-refractivity contribution in [3.63, 3.8) is 0 Å². The molecule has 7 heteroatoms. The first-order chi connectivity index (χ1) is 10.1. The smallest absolute Gasteiger partial charge is 0.222 e. The first-order valence-electron chi connectivity index (χ1n) is 7.10. The first-order valence-corrected chi connectivity index (χ1v) is 7.10. The predicted molar refractivity (Wildman–Crippen MR) is 77.7 cm³/mol. The maximum atomic E-state index is 11.7. The highest BCUT2D eigenvalue weighted by molar-refractivity contribution is 5.76. The molecule has 21 heavy (non-hydrogen) atoms. The number of hydrogen-bond acceptors (Lipinski definition) is 5. The van der Waals surface area contributed by atoms with Crippen molar-refractivity contribution >= 4 is 5.91 Å². The van der Waals surface area contributed by atoms with E-state index < -0.39 is 5.60 Å². The summed E-state index contributed by atoms with van der Waals surface area (Å²) < 4.78 is 13.0. The fourth-order valence-electron chi connectivity index (χ4n) is 2.76. The number of nitrogens with zero attached hydrogens (tertiary/aromatic N) is 3. The van der Waals surface area contributed by atoms with E-state index >= 15 is 0 Å². The molecule has 0 radical (unpaired) electrons. The molecular formula is C14H24N4O3. The van der Waals surface area contributed by atoms with Gasteiger partial charge in [0.05, 0.1) is 25.8 Å². The average molecular weight is 296 g/mol. The lowest BCUT2D eigenvalue weighted by atomic mass is 9.97. The molecule has 1 fully saturated rings. The van der Waals surface area contributed by atoms with Crippen LogP contribution in [0.25, 0.3) is 0 Å². The van der Waals surface area contributed by atoms with Crippen LogP contribution in [0.2, 0.25) is 0 Å². The maximum absolute atomic E-state index is 11.7. The van der Waals surface area contributed by atoms with Crippen molar-refractivity contribution in [1.29, 1.82) is 0 Å². The van der Waals surface area contributed by atoms with Crippen LogP contribution >= 0.6 is 0 Å². The Kier molecular flexibility index (Phi) is 5.33. The molecule has 0 bridgehead atoms. The third-order valence-electron chi connectivity index (χ3n) is 3.66. The molecule has 1 amide bonds. The Hall–Kier alpha value is -1.44. The van der Waals surface area contributed by atoms with E-state index in [4.69, 9.17) is 9.47 Å². The van der Waals surface area contributed by atoms with Crippen LogP contribution in [-0.4, -0.2) is 66.6 Å². The molecular weight excluding hydrogens is 272 g/mol. The minimum absolute atomic E-state index is 0.0322. The Labute approximate surface area is 125 Å². The highest BCUT2D eigenvalue weighted by Gasteiger charge is 2.38. The number of nitrogens with one attached hydrogen (secondary N) is 1. The van der Waals surface area contributed by atoms with Gasteiger partial charge in [-0.05, 0) is 0 Å². The molecule has 1 aliphatic rings. The van der Waals surface area contributed by atoms with Crippen molar-refractivity contribution in [3.8, 4) is 0 Å². The number of morpholine rings is 1. The quantitative estimate of drug-likeness (QED) is 0.785. The van der Waals surface area contributed by atoms with Crippen LogP contribution in [-0.2, 0) is 27.9 Å². The molecule has 0 spiro atoms. The summed E-state index contributed by atoms with van der Waals surface area (Å²) in [6, 6.07) is 0. The zero-order chi connectivity index (χ0) is 15.3. The lowest BCUT2D eigenvalue weighted by Gasteiger charge is -2.42. The molecule has 1 saturated heterocycles. The number of ether oxygens (including phenoxy) is 2. The molecule has 1 atom stereocenters. The molecule has 0 aromatic carbocycles. The number of hydrogen-bond donors (Lipinski definition) is 1. The minimum atomic E-state index is -0.574. The third kappa shape index (κ3) is 4.26. The topological polar surface area (TPSA) is 68.6 Å². The van der Waals surface area contributed by atoms with Crippen molar-refractivity contribution in [2.75, 3.05) is 40.5 Å². The van der Waals surface area contributed by atoms with Gasteiger partial charge in [0.15, 0.2) is 0 Å². The summed E-state index contributed by atoms with van der Waals surface area (Å²) in [4.78, 5) is 14.0. The van der Waals surface area contributed by atoms with Gasteiger partial charge in [-0.3, -0.25) is 14.4 Å². The molecule has 0 unspecified atom stereocenters. The van der Waals surface area contributed by atoms with Crippen molar-refractivity contribution in [3.05, 3.63) is 18.0 Å². The summed E-state index contributed by atoms with van der Waals surface area (Å²) in [6.45, 7) is 3.32. The molecule has 1 N–H and O–H groups in total. The molecule has 1 aromatic heterocycles. The van der Waals surface area contributed by atoms with Gasteiger partial charge in [0.2, 0.25) is 5.91 Å². The molecule has 118 valence electrons. The van der Waals surface area contributed by atoms with Gasteiger partial charge in [-0.2, -0.15) is 5.10 Å². The van der Waals surface area contributed by atoms with Crippen LogP contribution in [0.4, 0.5) is 0 Å². The zero-order valence-electron chi connectivity index (χ0n) is 13.0. The van der Waals surface area contributed by atoms with E-state index in [2.05, 4.69) is 15.3 Å². The third-order valence-corrected chi connectivity index (χ3v) is 3.66. The van der Waals surface area contributed by atoms with Crippen molar-refractivity contribution < 1.29 is 14.3 Å². The largest absolute Gasteiger partial charge is 0.382 e. The van der Waals surface area contributed by atoms with Crippen LogP contribution < -0.4 is 5.32 Å². The van der Waals surface area contributed by atoms with Crippen LogP contribution in [0.15, 0.2) is 12.4 Å². The van der Waals surface area contributed by atoms with E-state index in [9.17, 15) is 4.79 Å². The normalized spacial score (nSPS) is 23.2. The average Bonchev–Trinajstić information content (AvgIpc) is 2.84. The highest BCUT2D eigenvalue weighted by atomic mass is 16.5. The summed E-state index contributed by atoms with van der Waals surface area (Å²) in [5.41, 5.74) is 0.584. The lowest BCUT2D eigenvalue weighted by molar-refractivity contribution is -0.155. The molecule has 1 aliphatic heterocycles. The fraction of sp³-hybridized carbons (Fsp3) is 0.714. The maximum Gasteiger partial charge on any atom is 0.222 e. The number of amides is 1. The van der Waals surface area contributed by atoms with E-state index in [1.165, 1.54) is 0 Å². The van der Waals surface area contributed by atoms with Gasteiger partial charge in [0.25, 0.3) is 0 Å². The van der Waals surface area contributed by atoms with E-state index in [1.807, 2.05) is 19.4 Å². The predicted octanol–water partition coefficient (Wildman–Crippen LogP) is -0.226. The summed E-state index contributed by atoms with van der Waals surface area (Å²) in [7, 11) is 5.18. The summed E-state index contributed by atoms with van der Waals surface area (Å²) >= 11 is 0. The van der Waals surface area contributed by atoms with Crippen LogP contribution in [0, 0.1) is 0 Å². The second kappa shape index (κ2) is 7.02. The number of aryl methyl sites for hydroxylation is 1. The number of carbonyl (C=O) groups excluding carboxylic acids is 1. The van der Waals surface area contributed by atoms with Gasteiger partial charge in [-0.25, -0.2) is 0 Å². The Balaban J connectivity index is 2.03. The number of aromatic nitrogens is 2. The van der Waals surface area contributed by atoms with Crippen molar-refractivity contribution in [2.24, 2.45) is 7.05 Å². The van der Waals surface area contributed by atoms with E-state index in [0.29, 0.717) is 26.2 Å².